The van der Waals surface area contributed by atoms with Crippen molar-refractivity contribution < 1.29 is 9.18 Å². The molecule has 0 N–H and O–H groups in total. The van der Waals surface area contributed by atoms with Crippen LogP contribution in [-0.4, -0.2) is 22.3 Å². The summed E-state index contributed by atoms with van der Waals surface area (Å²) in [6.07, 6.45) is 6.53. The monoisotopic (exact) mass is 362 g/mol. The number of likely N-dealkylation sites (N-methyl/N-ethyl adjacent to an activating group) is 1. The molecule has 0 radical (unpaired) electrons. The fraction of sp³-hybridized carbons (Fsp3) is 0.176. The lowest BCUT2D eigenvalue weighted by Crippen LogP contribution is -2.29. The van der Waals surface area contributed by atoms with Crippen LogP contribution in [0.4, 0.5) is 4.39 Å². The first kappa shape index (κ1) is 16.4. The Morgan fingerprint density at radius 1 is 1.41 bits per heavy atom. The van der Waals surface area contributed by atoms with Gasteiger partial charge in [-0.15, -0.1) is 0 Å². The van der Waals surface area contributed by atoms with Gasteiger partial charge < -0.3 is 4.90 Å². The highest BCUT2D eigenvalue weighted by Gasteiger charge is 2.12. The number of nitrogens with zero attached hydrogens (tertiary/aromatic N) is 2. The summed E-state index contributed by atoms with van der Waals surface area (Å²) in [6, 6.07) is 8.39. The van der Waals surface area contributed by atoms with Gasteiger partial charge in [-0.1, -0.05) is 22.0 Å². The molecule has 0 unspecified atom stereocenters. The van der Waals surface area contributed by atoms with Gasteiger partial charge in [0.25, 0.3) is 0 Å². The highest BCUT2D eigenvalue weighted by atomic mass is 79.9. The van der Waals surface area contributed by atoms with Gasteiger partial charge in [0.05, 0.1) is 0 Å². The Bertz CT molecular complexity index is 674. The second-order valence-corrected chi connectivity index (χ2v) is 5.62. The van der Waals surface area contributed by atoms with E-state index in [0.717, 1.165) is 10.0 Å². The first-order valence-electron chi connectivity index (χ1n) is 6.91. The molecular weight excluding hydrogens is 347 g/mol. The van der Waals surface area contributed by atoms with Crippen LogP contribution in [0.25, 0.3) is 6.08 Å². The second kappa shape index (κ2) is 7.84. The average Bonchev–Trinajstić information content (AvgIpc) is 2.54. The van der Waals surface area contributed by atoms with Gasteiger partial charge in [-0.2, -0.15) is 0 Å². The maximum absolute atomic E-state index is 13.8. The largest absolute Gasteiger partial charge is 0.335 e. The summed E-state index contributed by atoms with van der Waals surface area (Å²) in [5, 5.41) is 0. The van der Waals surface area contributed by atoms with Crippen LogP contribution in [0.1, 0.15) is 18.1 Å². The molecule has 2 aromatic rings. The van der Waals surface area contributed by atoms with Crippen LogP contribution < -0.4 is 0 Å². The topological polar surface area (TPSA) is 33.2 Å². The first-order valence-corrected chi connectivity index (χ1v) is 7.70. The third-order valence-corrected chi connectivity index (χ3v) is 3.66. The summed E-state index contributed by atoms with van der Waals surface area (Å²) in [7, 11) is 0. The van der Waals surface area contributed by atoms with Crippen LogP contribution in [0.2, 0.25) is 0 Å². The van der Waals surface area contributed by atoms with Crippen molar-refractivity contribution in [3.05, 3.63) is 70.2 Å². The summed E-state index contributed by atoms with van der Waals surface area (Å²) >= 11 is 3.32. The van der Waals surface area contributed by atoms with Crippen molar-refractivity contribution in [2.75, 3.05) is 6.54 Å². The van der Waals surface area contributed by atoms with Crippen LogP contribution in [-0.2, 0) is 11.3 Å². The fourth-order valence-electron chi connectivity index (χ4n) is 1.96. The van der Waals surface area contributed by atoms with E-state index in [2.05, 4.69) is 20.9 Å². The summed E-state index contributed by atoms with van der Waals surface area (Å²) in [4.78, 5) is 17.8. The van der Waals surface area contributed by atoms with E-state index in [9.17, 15) is 9.18 Å². The molecular formula is C17H16BrFN2O. The molecule has 0 saturated carbocycles. The van der Waals surface area contributed by atoms with Crippen LogP contribution in [0.3, 0.4) is 0 Å². The Labute approximate surface area is 137 Å². The molecule has 0 aliphatic heterocycles. The average molecular weight is 363 g/mol. The van der Waals surface area contributed by atoms with Crippen LogP contribution in [0.15, 0.2) is 53.3 Å². The number of rotatable bonds is 5. The summed E-state index contributed by atoms with van der Waals surface area (Å²) in [5.41, 5.74) is 1.33. The predicted molar refractivity (Wildman–Crippen MR) is 88.5 cm³/mol. The van der Waals surface area contributed by atoms with E-state index >= 15 is 0 Å². The minimum atomic E-state index is -0.314. The number of amides is 1. The maximum atomic E-state index is 13.8. The van der Waals surface area contributed by atoms with E-state index in [-0.39, 0.29) is 18.3 Å². The predicted octanol–water partition coefficient (Wildman–Crippen LogP) is 4.05. The van der Waals surface area contributed by atoms with Crippen molar-refractivity contribution in [3.63, 3.8) is 0 Å². The van der Waals surface area contributed by atoms with Crippen molar-refractivity contribution in [2.45, 2.75) is 13.5 Å². The SMILES string of the molecule is CCN(Cc1cc(Br)ccc1F)C(=O)/C=C/c1cccnc1. The number of carbonyl (C=O) groups excluding carboxylic acids is 1. The molecule has 1 aromatic heterocycles. The van der Waals surface area contributed by atoms with Crippen molar-refractivity contribution >= 4 is 27.9 Å². The van der Waals surface area contributed by atoms with Crippen LogP contribution in [0, 0.1) is 5.82 Å². The summed E-state index contributed by atoms with van der Waals surface area (Å²) in [5.74, 6) is -0.476. The lowest BCUT2D eigenvalue weighted by atomic mass is 10.2. The number of halogens is 2. The highest BCUT2D eigenvalue weighted by Crippen LogP contribution is 2.17. The van der Waals surface area contributed by atoms with Gasteiger partial charge in [-0.3, -0.25) is 9.78 Å². The Balaban J connectivity index is 2.09. The van der Waals surface area contributed by atoms with Crippen molar-refractivity contribution in [3.8, 4) is 0 Å². The van der Waals surface area contributed by atoms with Gasteiger partial charge in [0.1, 0.15) is 5.82 Å². The Hall–Kier alpha value is -2.01. The number of benzene rings is 1. The molecule has 0 saturated heterocycles. The highest BCUT2D eigenvalue weighted by molar-refractivity contribution is 9.10. The van der Waals surface area contributed by atoms with Crippen LogP contribution in [0.5, 0.6) is 0 Å². The third kappa shape index (κ3) is 4.49. The molecule has 0 aliphatic rings. The summed E-state index contributed by atoms with van der Waals surface area (Å²) in [6.45, 7) is 2.60. The zero-order valence-corrected chi connectivity index (χ0v) is 13.8. The van der Waals surface area contributed by atoms with Gasteiger partial charge in [-0.05, 0) is 42.8 Å². The Morgan fingerprint density at radius 2 is 2.23 bits per heavy atom. The van der Waals surface area contributed by atoms with E-state index in [1.807, 2.05) is 13.0 Å². The lowest BCUT2D eigenvalue weighted by molar-refractivity contribution is -0.126. The van der Waals surface area contributed by atoms with E-state index in [1.54, 1.807) is 41.6 Å². The number of pyridine rings is 1. The molecule has 3 nitrogen and oxygen atoms in total. The molecule has 22 heavy (non-hydrogen) atoms. The molecule has 5 heteroatoms. The molecule has 1 heterocycles. The van der Waals surface area contributed by atoms with Gasteiger partial charge in [0, 0.05) is 41.6 Å². The number of carbonyl (C=O) groups is 1. The number of hydrogen-bond donors (Lipinski definition) is 0. The third-order valence-electron chi connectivity index (χ3n) is 3.17. The van der Waals surface area contributed by atoms with Crippen molar-refractivity contribution in [1.29, 1.82) is 0 Å². The molecule has 0 aliphatic carbocycles. The van der Waals surface area contributed by atoms with Gasteiger partial charge in [-0.25, -0.2) is 4.39 Å². The quantitative estimate of drug-likeness (QED) is 0.751. The molecule has 0 atom stereocenters. The number of aromatic nitrogens is 1. The number of hydrogen-bond acceptors (Lipinski definition) is 2. The molecule has 2 rings (SSSR count). The smallest absolute Gasteiger partial charge is 0.246 e. The fourth-order valence-corrected chi connectivity index (χ4v) is 2.37. The molecule has 0 spiro atoms. The van der Waals surface area contributed by atoms with Crippen molar-refractivity contribution in [2.24, 2.45) is 0 Å². The summed E-state index contributed by atoms with van der Waals surface area (Å²) < 4.78 is 14.6. The maximum Gasteiger partial charge on any atom is 0.246 e. The van der Waals surface area contributed by atoms with Crippen LogP contribution >= 0.6 is 15.9 Å². The Morgan fingerprint density at radius 3 is 2.91 bits per heavy atom. The van der Waals surface area contributed by atoms with E-state index in [4.69, 9.17) is 0 Å². The molecule has 114 valence electrons. The standard InChI is InChI=1S/C17H16BrFN2O/c1-2-21(12-14-10-15(18)6-7-16(14)19)17(22)8-5-13-4-3-9-20-11-13/h3-11H,2,12H2,1H3/b8-5+. The minimum absolute atomic E-state index is 0.161. The Kier molecular flexibility index (Phi) is 5.83. The van der Waals surface area contributed by atoms with Gasteiger partial charge in [0.2, 0.25) is 5.91 Å². The van der Waals surface area contributed by atoms with E-state index in [1.165, 1.54) is 12.1 Å². The lowest BCUT2D eigenvalue weighted by Gasteiger charge is -2.19. The minimum Gasteiger partial charge on any atom is -0.335 e. The van der Waals surface area contributed by atoms with Gasteiger partial charge in [0.15, 0.2) is 0 Å². The van der Waals surface area contributed by atoms with Crippen molar-refractivity contribution in [1.82, 2.24) is 9.88 Å². The molecule has 0 bridgehead atoms. The second-order valence-electron chi connectivity index (χ2n) is 4.71. The molecule has 0 fully saturated rings. The van der Waals surface area contributed by atoms with Gasteiger partial charge >= 0.3 is 0 Å². The first-order chi connectivity index (χ1) is 10.6. The molecule has 1 amide bonds. The van der Waals surface area contributed by atoms with E-state index < -0.39 is 0 Å². The van der Waals surface area contributed by atoms with E-state index in [0.29, 0.717) is 12.1 Å². The normalized spacial score (nSPS) is 10.9. The molecule has 1 aromatic carbocycles. The zero-order valence-electron chi connectivity index (χ0n) is 12.2. The zero-order chi connectivity index (χ0) is 15.9.